The predicted octanol–water partition coefficient (Wildman–Crippen LogP) is 3.49. The van der Waals surface area contributed by atoms with Crippen LogP contribution in [0.25, 0.3) is 0 Å². The molecule has 2 aromatic rings. The molecule has 0 bridgehead atoms. The van der Waals surface area contributed by atoms with Gasteiger partial charge in [0.15, 0.2) is 0 Å². The van der Waals surface area contributed by atoms with Crippen molar-refractivity contribution in [3.8, 4) is 11.5 Å². The molecule has 2 nitrogen and oxygen atoms in total. The summed E-state index contributed by atoms with van der Waals surface area (Å²) in [6, 6.07) is 15.2. The molecule has 2 aromatic carbocycles. The number of nitrogen functional groups attached to an aromatic ring is 1. The number of hydrogen-bond acceptors (Lipinski definition) is 3. The van der Waals surface area contributed by atoms with Crippen LogP contribution < -0.4 is 10.5 Å². The quantitative estimate of drug-likeness (QED) is 0.626. The van der Waals surface area contributed by atoms with Gasteiger partial charge in [0.1, 0.15) is 11.5 Å². The standard InChI is InChI=1S/C13H13NOS/c14-11-4-6-12(7-5-11)15-13-3-1-2-10(8-13)9-16/h1-8,16H,9,14H2. The van der Waals surface area contributed by atoms with E-state index < -0.39 is 0 Å². The molecule has 0 unspecified atom stereocenters. The fourth-order valence-corrected chi connectivity index (χ4v) is 1.58. The first kappa shape index (κ1) is 10.9. The van der Waals surface area contributed by atoms with Crippen LogP contribution in [0, 0.1) is 0 Å². The van der Waals surface area contributed by atoms with E-state index in [1.54, 1.807) is 0 Å². The van der Waals surface area contributed by atoms with Gasteiger partial charge in [-0.3, -0.25) is 0 Å². The van der Waals surface area contributed by atoms with E-state index >= 15 is 0 Å². The van der Waals surface area contributed by atoms with Crippen molar-refractivity contribution in [3.63, 3.8) is 0 Å². The highest BCUT2D eigenvalue weighted by Gasteiger charge is 1.98. The van der Waals surface area contributed by atoms with Crippen molar-refractivity contribution >= 4 is 18.3 Å². The van der Waals surface area contributed by atoms with Gasteiger partial charge in [-0.25, -0.2) is 0 Å². The normalized spacial score (nSPS) is 10.1. The Morgan fingerprint density at radius 2 is 1.75 bits per heavy atom. The van der Waals surface area contributed by atoms with Gasteiger partial charge in [0, 0.05) is 11.4 Å². The minimum absolute atomic E-state index is 0.707. The van der Waals surface area contributed by atoms with Crippen LogP contribution in [0.1, 0.15) is 5.56 Å². The highest BCUT2D eigenvalue weighted by atomic mass is 32.1. The molecule has 3 heteroatoms. The summed E-state index contributed by atoms with van der Waals surface area (Å²) in [5.74, 6) is 2.31. The van der Waals surface area contributed by atoms with E-state index in [0.717, 1.165) is 22.7 Å². The molecule has 0 aromatic heterocycles. The number of rotatable bonds is 3. The minimum Gasteiger partial charge on any atom is -0.457 e. The second-order valence-corrected chi connectivity index (χ2v) is 3.79. The van der Waals surface area contributed by atoms with Crippen LogP contribution in [0.15, 0.2) is 48.5 Å². The fourth-order valence-electron chi connectivity index (χ4n) is 1.38. The Kier molecular flexibility index (Phi) is 3.37. The number of hydrogen-bond donors (Lipinski definition) is 2. The summed E-state index contributed by atoms with van der Waals surface area (Å²) < 4.78 is 5.69. The third-order valence-corrected chi connectivity index (χ3v) is 2.56. The van der Waals surface area contributed by atoms with Crippen LogP contribution in [0.5, 0.6) is 11.5 Å². The monoisotopic (exact) mass is 231 g/mol. The van der Waals surface area contributed by atoms with Gasteiger partial charge in [-0.15, -0.1) is 0 Å². The first-order chi connectivity index (χ1) is 7.78. The Morgan fingerprint density at radius 1 is 1.00 bits per heavy atom. The lowest BCUT2D eigenvalue weighted by Crippen LogP contribution is -1.87. The van der Waals surface area contributed by atoms with E-state index in [4.69, 9.17) is 10.5 Å². The van der Waals surface area contributed by atoms with Gasteiger partial charge in [-0.1, -0.05) is 12.1 Å². The minimum atomic E-state index is 0.707. The molecule has 0 aliphatic heterocycles. The third-order valence-electron chi connectivity index (χ3n) is 2.20. The Labute approximate surface area is 100 Å². The van der Waals surface area contributed by atoms with Crippen molar-refractivity contribution < 1.29 is 4.74 Å². The topological polar surface area (TPSA) is 35.2 Å². The molecule has 82 valence electrons. The maximum atomic E-state index is 5.69. The molecule has 0 atom stereocenters. The van der Waals surface area contributed by atoms with E-state index in [2.05, 4.69) is 12.6 Å². The van der Waals surface area contributed by atoms with Gasteiger partial charge >= 0.3 is 0 Å². The molecule has 0 amide bonds. The van der Waals surface area contributed by atoms with E-state index in [0.29, 0.717) is 5.75 Å². The maximum Gasteiger partial charge on any atom is 0.127 e. The summed E-state index contributed by atoms with van der Waals surface area (Å²) in [7, 11) is 0. The lowest BCUT2D eigenvalue weighted by atomic mass is 10.2. The molecule has 2 rings (SSSR count). The lowest BCUT2D eigenvalue weighted by molar-refractivity contribution is 0.482. The van der Waals surface area contributed by atoms with Gasteiger partial charge in [0.25, 0.3) is 0 Å². The van der Waals surface area contributed by atoms with Gasteiger partial charge in [0.05, 0.1) is 0 Å². The zero-order chi connectivity index (χ0) is 11.4. The molecule has 0 saturated carbocycles. The molecule has 16 heavy (non-hydrogen) atoms. The zero-order valence-electron chi connectivity index (χ0n) is 8.76. The first-order valence-electron chi connectivity index (χ1n) is 5.01. The van der Waals surface area contributed by atoms with Crippen molar-refractivity contribution in [2.24, 2.45) is 0 Å². The van der Waals surface area contributed by atoms with Gasteiger partial charge in [-0.05, 0) is 42.0 Å². The molecular formula is C13H13NOS. The van der Waals surface area contributed by atoms with Crippen LogP contribution in [-0.4, -0.2) is 0 Å². The molecule has 0 saturated heterocycles. The van der Waals surface area contributed by atoms with Crippen LogP contribution in [0.3, 0.4) is 0 Å². The number of nitrogens with two attached hydrogens (primary N) is 1. The Morgan fingerprint density at radius 3 is 2.44 bits per heavy atom. The van der Waals surface area contributed by atoms with Crippen LogP contribution in [-0.2, 0) is 5.75 Å². The van der Waals surface area contributed by atoms with Crippen molar-refractivity contribution in [3.05, 3.63) is 54.1 Å². The Hall–Kier alpha value is -1.61. The lowest BCUT2D eigenvalue weighted by Gasteiger charge is -2.06. The zero-order valence-corrected chi connectivity index (χ0v) is 9.65. The number of anilines is 1. The highest BCUT2D eigenvalue weighted by molar-refractivity contribution is 7.79. The first-order valence-corrected chi connectivity index (χ1v) is 5.64. The third kappa shape index (κ3) is 2.70. The van der Waals surface area contributed by atoms with Crippen molar-refractivity contribution in [1.82, 2.24) is 0 Å². The predicted molar refractivity (Wildman–Crippen MR) is 70.1 cm³/mol. The fraction of sp³-hybridized carbons (Fsp3) is 0.0769. The molecule has 0 aliphatic rings. The summed E-state index contributed by atoms with van der Waals surface area (Å²) in [5, 5.41) is 0. The van der Waals surface area contributed by atoms with Gasteiger partial charge in [-0.2, -0.15) is 12.6 Å². The Balaban J connectivity index is 2.16. The number of ether oxygens (including phenoxy) is 1. The Bertz CT molecular complexity index is 468. The summed E-state index contributed by atoms with van der Waals surface area (Å²) in [4.78, 5) is 0. The summed E-state index contributed by atoms with van der Waals surface area (Å²) in [5.41, 5.74) is 7.47. The summed E-state index contributed by atoms with van der Waals surface area (Å²) in [6.45, 7) is 0. The maximum absolute atomic E-state index is 5.69. The number of thiol groups is 1. The molecular weight excluding hydrogens is 218 g/mol. The SMILES string of the molecule is Nc1ccc(Oc2cccc(CS)c2)cc1. The molecule has 2 N–H and O–H groups in total. The molecule has 0 spiro atoms. The van der Waals surface area contributed by atoms with E-state index in [1.165, 1.54) is 0 Å². The average Bonchev–Trinajstić information content (AvgIpc) is 2.32. The second kappa shape index (κ2) is 4.94. The largest absolute Gasteiger partial charge is 0.457 e. The average molecular weight is 231 g/mol. The second-order valence-electron chi connectivity index (χ2n) is 3.48. The van der Waals surface area contributed by atoms with Crippen LogP contribution in [0.4, 0.5) is 5.69 Å². The van der Waals surface area contributed by atoms with E-state index in [1.807, 2.05) is 48.5 Å². The van der Waals surface area contributed by atoms with Crippen molar-refractivity contribution in [2.75, 3.05) is 5.73 Å². The van der Waals surface area contributed by atoms with Crippen molar-refractivity contribution in [2.45, 2.75) is 5.75 Å². The molecule has 0 radical (unpaired) electrons. The number of benzene rings is 2. The van der Waals surface area contributed by atoms with E-state index in [-0.39, 0.29) is 0 Å². The summed E-state index contributed by atoms with van der Waals surface area (Å²) in [6.07, 6.45) is 0. The molecule has 0 aliphatic carbocycles. The van der Waals surface area contributed by atoms with Gasteiger partial charge in [0.2, 0.25) is 0 Å². The van der Waals surface area contributed by atoms with Crippen molar-refractivity contribution in [1.29, 1.82) is 0 Å². The highest BCUT2D eigenvalue weighted by Crippen LogP contribution is 2.23. The van der Waals surface area contributed by atoms with Gasteiger partial charge < -0.3 is 10.5 Å². The summed E-state index contributed by atoms with van der Waals surface area (Å²) >= 11 is 4.22. The van der Waals surface area contributed by atoms with E-state index in [9.17, 15) is 0 Å². The van der Waals surface area contributed by atoms with Crippen LogP contribution >= 0.6 is 12.6 Å². The molecule has 0 fully saturated rings. The molecule has 0 heterocycles. The van der Waals surface area contributed by atoms with Crippen LogP contribution in [0.2, 0.25) is 0 Å². The smallest absolute Gasteiger partial charge is 0.127 e.